The Labute approximate surface area is 151 Å². The summed E-state index contributed by atoms with van der Waals surface area (Å²) in [6, 6.07) is 0.610. The van der Waals surface area contributed by atoms with Crippen LogP contribution in [-0.2, 0) is 6.54 Å². The van der Waals surface area contributed by atoms with Crippen LogP contribution in [0.3, 0.4) is 0 Å². The van der Waals surface area contributed by atoms with Gasteiger partial charge in [-0.1, -0.05) is 19.3 Å². The van der Waals surface area contributed by atoms with E-state index in [1.54, 1.807) is 0 Å². The lowest BCUT2D eigenvalue weighted by atomic mass is 9.96. The van der Waals surface area contributed by atoms with Crippen molar-refractivity contribution in [1.29, 1.82) is 0 Å². The zero-order valence-corrected chi connectivity index (χ0v) is 16.2. The normalized spacial score (nSPS) is 16.2. The van der Waals surface area contributed by atoms with Crippen molar-refractivity contribution < 1.29 is 0 Å². The van der Waals surface area contributed by atoms with Gasteiger partial charge < -0.3 is 15.2 Å². The summed E-state index contributed by atoms with van der Waals surface area (Å²) in [5, 5.41) is 6.97. The van der Waals surface area contributed by atoms with Crippen LogP contribution in [0.4, 0.5) is 0 Å². The highest BCUT2D eigenvalue weighted by atomic mass is 127. The molecule has 1 aromatic rings. The highest BCUT2D eigenvalue weighted by Gasteiger charge is 2.13. The number of rotatable bonds is 6. The van der Waals surface area contributed by atoms with Crippen LogP contribution in [0.5, 0.6) is 0 Å². The van der Waals surface area contributed by atoms with Crippen molar-refractivity contribution in [2.24, 2.45) is 4.99 Å². The average molecular weight is 419 g/mol. The van der Waals surface area contributed by atoms with Crippen LogP contribution in [0.1, 0.15) is 50.8 Å². The molecular weight excluding hydrogens is 389 g/mol. The van der Waals surface area contributed by atoms with Crippen LogP contribution in [0.25, 0.3) is 0 Å². The summed E-state index contributed by atoms with van der Waals surface area (Å²) in [4.78, 5) is 8.56. The molecule has 5 nitrogen and oxygen atoms in total. The smallest absolute Gasteiger partial charge is 0.191 e. The van der Waals surface area contributed by atoms with Crippen molar-refractivity contribution in [3.8, 4) is 0 Å². The van der Waals surface area contributed by atoms with E-state index in [0.29, 0.717) is 6.04 Å². The summed E-state index contributed by atoms with van der Waals surface area (Å²) < 4.78 is 2.20. The van der Waals surface area contributed by atoms with Crippen LogP contribution in [-0.4, -0.2) is 35.1 Å². The first-order valence-electron chi connectivity index (χ1n) is 8.24. The van der Waals surface area contributed by atoms with Gasteiger partial charge >= 0.3 is 0 Å². The number of nitrogens with one attached hydrogen (secondary N) is 2. The zero-order chi connectivity index (χ0) is 14.9. The summed E-state index contributed by atoms with van der Waals surface area (Å²) >= 11 is 0. The minimum atomic E-state index is 0. The molecule has 1 aliphatic rings. The molecule has 0 bridgehead atoms. The zero-order valence-electron chi connectivity index (χ0n) is 13.8. The molecule has 0 unspecified atom stereocenters. The Balaban J connectivity index is 0.00000242. The Hall–Kier alpha value is -0.790. The second-order valence-corrected chi connectivity index (χ2v) is 5.85. The van der Waals surface area contributed by atoms with E-state index in [0.717, 1.165) is 37.7 Å². The molecule has 0 spiro atoms. The minimum Gasteiger partial charge on any atom is -0.356 e. The summed E-state index contributed by atoms with van der Waals surface area (Å²) in [6.45, 7) is 4.07. The molecule has 0 atom stereocenters. The molecule has 1 fully saturated rings. The number of hydrogen-bond acceptors (Lipinski definition) is 2. The third-order valence-electron chi connectivity index (χ3n) is 4.21. The monoisotopic (exact) mass is 419 g/mol. The third kappa shape index (κ3) is 6.54. The van der Waals surface area contributed by atoms with E-state index < -0.39 is 0 Å². The molecule has 0 radical (unpaired) electrons. The van der Waals surface area contributed by atoms with Crippen LogP contribution in [0.2, 0.25) is 0 Å². The molecule has 6 heteroatoms. The fraction of sp³-hybridized carbons (Fsp3) is 0.750. The molecule has 1 aromatic heterocycles. The predicted molar refractivity (Wildman–Crippen MR) is 103 cm³/mol. The number of guanidine groups is 1. The fourth-order valence-electron chi connectivity index (χ4n) is 2.89. The minimum absolute atomic E-state index is 0. The van der Waals surface area contributed by atoms with Gasteiger partial charge in [-0.3, -0.25) is 4.99 Å². The topological polar surface area (TPSA) is 54.2 Å². The van der Waals surface area contributed by atoms with Gasteiger partial charge in [-0.15, -0.1) is 24.0 Å². The van der Waals surface area contributed by atoms with E-state index in [4.69, 9.17) is 0 Å². The average Bonchev–Trinajstić information content (AvgIpc) is 2.92. The summed E-state index contributed by atoms with van der Waals surface area (Å²) in [7, 11) is 1.85. The largest absolute Gasteiger partial charge is 0.356 e. The van der Waals surface area contributed by atoms with E-state index >= 15 is 0 Å². The number of aliphatic imine (C=N–C) groups is 1. The lowest BCUT2D eigenvalue weighted by molar-refractivity contribution is 0.410. The van der Waals surface area contributed by atoms with Gasteiger partial charge in [-0.25, -0.2) is 4.98 Å². The van der Waals surface area contributed by atoms with Crippen LogP contribution >= 0.6 is 24.0 Å². The standard InChI is InChI=1S/C16H29N5.HI/c1-14-18-11-13-21(14)12-7-6-10-19-16(17-2)20-15-8-4-3-5-9-15;/h11,13,15H,3-10,12H2,1-2H3,(H2,17,19,20);1H. The predicted octanol–water partition coefficient (Wildman–Crippen LogP) is 3.09. The Morgan fingerprint density at radius 2 is 2.09 bits per heavy atom. The second-order valence-electron chi connectivity index (χ2n) is 5.85. The van der Waals surface area contributed by atoms with Crippen molar-refractivity contribution in [2.75, 3.05) is 13.6 Å². The van der Waals surface area contributed by atoms with Gasteiger partial charge in [-0.2, -0.15) is 0 Å². The first-order chi connectivity index (χ1) is 10.3. The maximum Gasteiger partial charge on any atom is 0.191 e. The van der Waals surface area contributed by atoms with Gasteiger partial charge in [0.2, 0.25) is 0 Å². The van der Waals surface area contributed by atoms with Gasteiger partial charge in [0.15, 0.2) is 5.96 Å². The molecule has 0 amide bonds. The van der Waals surface area contributed by atoms with Gasteiger partial charge in [0, 0.05) is 38.6 Å². The molecule has 22 heavy (non-hydrogen) atoms. The van der Waals surface area contributed by atoms with E-state index in [1.807, 2.05) is 26.4 Å². The molecule has 1 heterocycles. The van der Waals surface area contributed by atoms with Crippen LogP contribution in [0, 0.1) is 6.92 Å². The number of hydrogen-bond donors (Lipinski definition) is 2. The van der Waals surface area contributed by atoms with E-state index in [-0.39, 0.29) is 24.0 Å². The SMILES string of the molecule is CN=C(NCCCCn1ccnc1C)NC1CCCCC1.I. The Kier molecular flexibility index (Phi) is 9.50. The van der Waals surface area contributed by atoms with Gasteiger partial charge in [0.25, 0.3) is 0 Å². The molecule has 1 saturated carbocycles. The number of nitrogens with zero attached hydrogens (tertiary/aromatic N) is 3. The van der Waals surface area contributed by atoms with Gasteiger partial charge in [0.1, 0.15) is 5.82 Å². The van der Waals surface area contributed by atoms with Crippen molar-refractivity contribution in [1.82, 2.24) is 20.2 Å². The Morgan fingerprint density at radius 1 is 1.32 bits per heavy atom. The third-order valence-corrected chi connectivity index (χ3v) is 4.21. The molecule has 0 aromatic carbocycles. The van der Waals surface area contributed by atoms with E-state index in [2.05, 4.69) is 25.2 Å². The lowest BCUT2D eigenvalue weighted by Crippen LogP contribution is -2.44. The van der Waals surface area contributed by atoms with Crippen molar-refractivity contribution >= 4 is 29.9 Å². The van der Waals surface area contributed by atoms with E-state index in [9.17, 15) is 0 Å². The molecule has 2 N–H and O–H groups in total. The Bertz CT molecular complexity index is 437. The van der Waals surface area contributed by atoms with Gasteiger partial charge in [-0.05, 0) is 32.6 Å². The first kappa shape index (κ1) is 19.3. The van der Waals surface area contributed by atoms with Crippen LogP contribution in [0.15, 0.2) is 17.4 Å². The van der Waals surface area contributed by atoms with Crippen LogP contribution < -0.4 is 10.6 Å². The maximum atomic E-state index is 4.32. The number of aromatic nitrogens is 2. The number of aryl methyl sites for hydroxylation is 2. The second kappa shape index (κ2) is 10.9. The number of unbranched alkanes of at least 4 members (excludes halogenated alkanes) is 1. The highest BCUT2D eigenvalue weighted by Crippen LogP contribution is 2.17. The lowest BCUT2D eigenvalue weighted by Gasteiger charge is -2.24. The maximum absolute atomic E-state index is 4.32. The molecule has 1 aliphatic carbocycles. The van der Waals surface area contributed by atoms with Crippen molar-refractivity contribution in [3.05, 3.63) is 18.2 Å². The van der Waals surface area contributed by atoms with Crippen molar-refractivity contribution in [2.45, 2.75) is 64.5 Å². The molecule has 126 valence electrons. The van der Waals surface area contributed by atoms with Crippen molar-refractivity contribution in [3.63, 3.8) is 0 Å². The highest BCUT2D eigenvalue weighted by molar-refractivity contribution is 14.0. The van der Waals surface area contributed by atoms with Gasteiger partial charge in [0.05, 0.1) is 0 Å². The van der Waals surface area contributed by atoms with E-state index in [1.165, 1.54) is 32.1 Å². The Morgan fingerprint density at radius 3 is 2.73 bits per heavy atom. The molecular formula is C16H30IN5. The summed E-state index contributed by atoms with van der Waals surface area (Å²) in [6.07, 6.45) is 12.8. The molecule has 0 saturated heterocycles. The first-order valence-corrected chi connectivity index (χ1v) is 8.24. The number of imidazole rings is 1. The number of halogens is 1. The summed E-state index contributed by atoms with van der Waals surface area (Å²) in [5.74, 6) is 2.05. The molecule has 0 aliphatic heterocycles. The quantitative estimate of drug-likeness (QED) is 0.323. The summed E-state index contributed by atoms with van der Waals surface area (Å²) in [5.41, 5.74) is 0. The molecule has 2 rings (SSSR count). The fourth-order valence-corrected chi connectivity index (χ4v) is 2.89.